The highest BCUT2D eigenvalue weighted by Crippen LogP contribution is 2.22. The number of carbonyl (C=O) groups is 2. The van der Waals surface area contributed by atoms with E-state index in [-0.39, 0.29) is 36.9 Å². The minimum atomic E-state index is -0.583. The van der Waals surface area contributed by atoms with Crippen molar-refractivity contribution in [3.8, 4) is 0 Å². The van der Waals surface area contributed by atoms with Crippen LogP contribution in [0.25, 0.3) is 0 Å². The van der Waals surface area contributed by atoms with Gasteiger partial charge in [0.25, 0.3) is 0 Å². The number of anilines is 1. The summed E-state index contributed by atoms with van der Waals surface area (Å²) in [7, 11) is 0. The second-order valence-corrected chi connectivity index (χ2v) is 7.87. The second-order valence-electron chi connectivity index (χ2n) is 7.87. The van der Waals surface area contributed by atoms with Crippen molar-refractivity contribution in [3.05, 3.63) is 30.1 Å². The molecule has 2 saturated heterocycles. The molecule has 3 atom stereocenters. The van der Waals surface area contributed by atoms with Gasteiger partial charge in [-0.2, -0.15) is 0 Å². The van der Waals surface area contributed by atoms with Crippen LogP contribution >= 0.6 is 0 Å². The van der Waals surface area contributed by atoms with Gasteiger partial charge in [-0.3, -0.25) is 4.79 Å². The van der Waals surface area contributed by atoms with Crippen LogP contribution in [0.15, 0.2) is 24.3 Å². The lowest BCUT2D eigenvalue weighted by Gasteiger charge is -2.36. The third-order valence-corrected chi connectivity index (χ3v) is 5.58. The zero-order chi connectivity index (χ0) is 21.3. The van der Waals surface area contributed by atoms with Gasteiger partial charge in [-0.05, 0) is 63.0 Å². The number of amides is 3. The SMILES string of the molecule is O=C(C[C@H]1CC[C@@H](NC(=O)Nc2ccc(F)cc2)[C@@H](CO)O1)NCCN1CCCC1. The summed E-state index contributed by atoms with van der Waals surface area (Å²) in [5.74, 6) is -0.440. The number of carbonyl (C=O) groups excluding carboxylic acids is 2. The first-order valence-corrected chi connectivity index (χ1v) is 10.6. The van der Waals surface area contributed by atoms with E-state index in [1.54, 1.807) is 0 Å². The summed E-state index contributed by atoms with van der Waals surface area (Å²) in [6, 6.07) is 4.63. The van der Waals surface area contributed by atoms with E-state index < -0.39 is 12.1 Å². The normalized spacial score (nSPS) is 24.4. The Balaban J connectivity index is 1.38. The van der Waals surface area contributed by atoms with Crippen molar-refractivity contribution >= 4 is 17.6 Å². The first-order valence-electron chi connectivity index (χ1n) is 10.6. The van der Waals surface area contributed by atoms with Gasteiger partial charge in [0.15, 0.2) is 0 Å². The summed E-state index contributed by atoms with van der Waals surface area (Å²) < 4.78 is 18.8. The number of aliphatic hydroxyl groups excluding tert-OH is 1. The van der Waals surface area contributed by atoms with E-state index in [9.17, 15) is 19.1 Å². The minimum absolute atomic E-state index is 0.0589. The smallest absolute Gasteiger partial charge is 0.319 e. The molecule has 3 rings (SSSR count). The number of benzene rings is 1. The molecule has 0 aromatic heterocycles. The van der Waals surface area contributed by atoms with E-state index in [1.807, 2.05) is 0 Å². The topological polar surface area (TPSA) is 103 Å². The number of nitrogens with zero attached hydrogens (tertiary/aromatic N) is 1. The Morgan fingerprint density at radius 1 is 1.17 bits per heavy atom. The van der Waals surface area contributed by atoms with Crippen molar-refractivity contribution in [1.82, 2.24) is 15.5 Å². The number of aliphatic hydroxyl groups is 1. The van der Waals surface area contributed by atoms with Crippen molar-refractivity contribution in [1.29, 1.82) is 0 Å². The molecule has 0 bridgehead atoms. The molecule has 1 aromatic rings. The van der Waals surface area contributed by atoms with Crippen LogP contribution in [0.1, 0.15) is 32.1 Å². The number of urea groups is 1. The predicted octanol–water partition coefficient (Wildman–Crippen LogP) is 1.46. The number of hydrogen-bond donors (Lipinski definition) is 4. The molecule has 3 amide bonds. The van der Waals surface area contributed by atoms with Gasteiger partial charge in [0.1, 0.15) is 11.9 Å². The Morgan fingerprint density at radius 2 is 1.90 bits per heavy atom. The summed E-state index contributed by atoms with van der Waals surface area (Å²) in [5, 5.41) is 18.0. The van der Waals surface area contributed by atoms with Crippen LogP contribution in [-0.2, 0) is 9.53 Å². The average Bonchev–Trinajstić information content (AvgIpc) is 3.24. The highest BCUT2D eigenvalue weighted by Gasteiger charge is 2.32. The lowest BCUT2D eigenvalue weighted by Crippen LogP contribution is -2.52. The lowest BCUT2D eigenvalue weighted by molar-refractivity contribution is -0.130. The summed E-state index contributed by atoms with van der Waals surface area (Å²) in [6.07, 6.45) is 3.02. The third kappa shape index (κ3) is 6.93. The molecule has 2 fully saturated rings. The quantitative estimate of drug-likeness (QED) is 0.508. The van der Waals surface area contributed by atoms with E-state index in [4.69, 9.17) is 4.74 Å². The van der Waals surface area contributed by atoms with Crippen molar-refractivity contribution in [2.75, 3.05) is 38.1 Å². The fourth-order valence-corrected chi connectivity index (χ4v) is 3.95. The molecule has 0 saturated carbocycles. The van der Waals surface area contributed by atoms with Crippen LogP contribution in [0.2, 0.25) is 0 Å². The first-order chi connectivity index (χ1) is 14.5. The van der Waals surface area contributed by atoms with E-state index >= 15 is 0 Å². The molecular weight excluding hydrogens is 391 g/mol. The largest absolute Gasteiger partial charge is 0.394 e. The van der Waals surface area contributed by atoms with Crippen LogP contribution in [-0.4, -0.2) is 73.0 Å². The van der Waals surface area contributed by atoms with Gasteiger partial charge in [0.05, 0.1) is 25.2 Å². The second kappa shape index (κ2) is 11.2. The molecule has 4 N–H and O–H groups in total. The van der Waals surface area contributed by atoms with Gasteiger partial charge in [-0.25, -0.2) is 9.18 Å². The van der Waals surface area contributed by atoms with E-state index in [0.29, 0.717) is 25.1 Å². The molecule has 9 heteroatoms. The van der Waals surface area contributed by atoms with Crippen molar-refractivity contribution in [2.24, 2.45) is 0 Å². The highest BCUT2D eigenvalue weighted by molar-refractivity contribution is 5.89. The Hall–Kier alpha value is -2.23. The number of hydrogen-bond acceptors (Lipinski definition) is 5. The van der Waals surface area contributed by atoms with Crippen molar-refractivity contribution in [3.63, 3.8) is 0 Å². The number of ether oxygens (including phenoxy) is 1. The molecule has 1 aromatic carbocycles. The Morgan fingerprint density at radius 3 is 2.60 bits per heavy atom. The molecule has 2 heterocycles. The molecule has 0 unspecified atom stereocenters. The van der Waals surface area contributed by atoms with Gasteiger partial charge < -0.3 is 30.7 Å². The van der Waals surface area contributed by atoms with E-state index in [0.717, 1.165) is 19.6 Å². The summed E-state index contributed by atoms with van der Waals surface area (Å²) in [5.41, 5.74) is 0.467. The standard InChI is InChI=1S/C21H31FN4O4/c22-15-3-5-16(6-4-15)24-21(29)25-18-8-7-17(30-19(18)14-27)13-20(28)23-9-12-26-10-1-2-11-26/h3-6,17-19,27H,1-2,7-14H2,(H,23,28)(H2,24,25,29)/t17-,18-,19-/m1/s1. The molecule has 166 valence electrons. The zero-order valence-electron chi connectivity index (χ0n) is 17.1. The Kier molecular flexibility index (Phi) is 8.41. The highest BCUT2D eigenvalue weighted by atomic mass is 19.1. The fourth-order valence-electron chi connectivity index (χ4n) is 3.95. The minimum Gasteiger partial charge on any atom is -0.394 e. The van der Waals surface area contributed by atoms with Gasteiger partial charge in [-0.15, -0.1) is 0 Å². The van der Waals surface area contributed by atoms with Gasteiger partial charge >= 0.3 is 6.03 Å². The molecule has 2 aliphatic rings. The number of nitrogens with one attached hydrogen (secondary N) is 3. The number of rotatable bonds is 8. The summed E-state index contributed by atoms with van der Waals surface area (Å²) >= 11 is 0. The lowest BCUT2D eigenvalue weighted by atomic mass is 9.97. The summed E-state index contributed by atoms with van der Waals surface area (Å²) in [4.78, 5) is 26.7. The maximum Gasteiger partial charge on any atom is 0.319 e. The Labute approximate surface area is 176 Å². The summed E-state index contributed by atoms with van der Waals surface area (Å²) in [6.45, 7) is 3.44. The average molecular weight is 423 g/mol. The molecule has 0 aliphatic carbocycles. The number of halogens is 1. The van der Waals surface area contributed by atoms with Crippen molar-refractivity contribution in [2.45, 2.75) is 50.4 Å². The van der Waals surface area contributed by atoms with Gasteiger partial charge in [0, 0.05) is 18.8 Å². The number of likely N-dealkylation sites (tertiary alicyclic amines) is 1. The van der Waals surface area contributed by atoms with Gasteiger partial charge in [-0.1, -0.05) is 0 Å². The van der Waals surface area contributed by atoms with Crippen LogP contribution in [0, 0.1) is 5.82 Å². The van der Waals surface area contributed by atoms with E-state index in [1.165, 1.54) is 37.1 Å². The maximum absolute atomic E-state index is 13.0. The first kappa shape index (κ1) is 22.5. The van der Waals surface area contributed by atoms with E-state index in [2.05, 4.69) is 20.9 Å². The molecular formula is C21H31FN4O4. The zero-order valence-corrected chi connectivity index (χ0v) is 17.1. The van der Waals surface area contributed by atoms with Crippen LogP contribution < -0.4 is 16.0 Å². The van der Waals surface area contributed by atoms with Crippen LogP contribution in [0.5, 0.6) is 0 Å². The van der Waals surface area contributed by atoms with Crippen LogP contribution in [0.4, 0.5) is 14.9 Å². The molecule has 0 radical (unpaired) electrons. The predicted molar refractivity (Wildman–Crippen MR) is 111 cm³/mol. The molecule has 2 aliphatic heterocycles. The molecule has 0 spiro atoms. The fraction of sp³-hybridized carbons (Fsp3) is 0.619. The van der Waals surface area contributed by atoms with Crippen molar-refractivity contribution < 1.29 is 23.8 Å². The maximum atomic E-state index is 13.0. The Bertz CT molecular complexity index is 697. The molecule has 30 heavy (non-hydrogen) atoms. The van der Waals surface area contributed by atoms with Crippen LogP contribution in [0.3, 0.4) is 0 Å². The third-order valence-electron chi connectivity index (χ3n) is 5.58. The van der Waals surface area contributed by atoms with Gasteiger partial charge in [0.2, 0.25) is 5.91 Å². The monoisotopic (exact) mass is 422 g/mol. The molecule has 8 nitrogen and oxygen atoms in total.